The van der Waals surface area contributed by atoms with Gasteiger partial charge in [0.1, 0.15) is 0 Å². The summed E-state index contributed by atoms with van der Waals surface area (Å²) in [5.74, 6) is -3.42. The normalized spacial score (nSPS) is 17.0. The fraction of sp³-hybridized carbons (Fsp3) is 0.259. The molecule has 36 heavy (non-hydrogen) atoms. The van der Waals surface area contributed by atoms with Crippen molar-refractivity contribution in [3.63, 3.8) is 0 Å². The minimum atomic E-state index is -1.82. The lowest BCUT2D eigenvalue weighted by molar-refractivity contribution is -0.384. The van der Waals surface area contributed by atoms with Crippen molar-refractivity contribution in [1.82, 2.24) is 5.32 Å². The Balaban J connectivity index is 0.000000538. The molecule has 2 atom stereocenters. The molecule has 9 heteroatoms. The van der Waals surface area contributed by atoms with Crippen LogP contribution in [0.5, 0.6) is 0 Å². The van der Waals surface area contributed by atoms with Crippen LogP contribution in [-0.2, 0) is 20.9 Å². The van der Waals surface area contributed by atoms with E-state index in [2.05, 4.69) is 53.8 Å². The molecule has 1 aliphatic heterocycles. The summed E-state index contributed by atoms with van der Waals surface area (Å²) in [6.07, 6.45) is 2.16. The molecule has 0 amide bonds. The molecule has 1 fully saturated rings. The number of hydrogen-bond donors (Lipinski definition) is 3. The average Bonchev–Trinajstić information content (AvgIpc) is 2.90. The first-order valence-corrected chi connectivity index (χ1v) is 11.5. The minimum absolute atomic E-state index is 0.121. The molecule has 3 aromatic rings. The second-order valence-electron chi connectivity index (χ2n) is 8.36. The van der Waals surface area contributed by atoms with Gasteiger partial charge in [0, 0.05) is 30.6 Å². The summed E-state index contributed by atoms with van der Waals surface area (Å²) in [4.78, 5) is 28.6. The van der Waals surface area contributed by atoms with E-state index in [9.17, 15) is 10.1 Å². The Bertz CT molecular complexity index is 1080. The summed E-state index contributed by atoms with van der Waals surface area (Å²) in [6.45, 7) is 1.34. The number of nitro groups is 1. The van der Waals surface area contributed by atoms with E-state index < -0.39 is 11.9 Å². The maximum atomic E-state index is 10.8. The first-order chi connectivity index (χ1) is 17.3. The zero-order valence-electron chi connectivity index (χ0n) is 19.5. The number of nitrogens with one attached hydrogen (secondary N) is 1. The maximum Gasteiger partial charge on any atom is 0.414 e. The van der Waals surface area contributed by atoms with Crippen LogP contribution in [0.15, 0.2) is 84.9 Å². The van der Waals surface area contributed by atoms with Crippen molar-refractivity contribution in [2.75, 3.05) is 6.61 Å². The molecule has 1 aliphatic rings. The Kier molecular flexibility index (Phi) is 9.67. The van der Waals surface area contributed by atoms with E-state index in [1.807, 2.05) is 12.1 Å². The molecule has 0 bridgehead atoms. The van der Waals surface area contributed by atoms with E-state index in [-0.39, 0.29) is 28.7 Å². The fourth-order valence-electron chi connectivity index (χ4n) is 4.14. The Morgan fingerprint density at radius 2 is 1.42 bits per heavy atom. The Morgan fingerprint density at radius 3 is 1.83 bits per heavy atom. The summed E-state index contributed by atoms with van der Waals surface area (Å²) in [5.41, 5.74) is 3.72. The van der Waals surface area contributed by atoms with Crippen LogP contribution in [0.3, 0.4) is 0 Å². The van der Waals surface area contributed by atoms with Gasteiger partial charge in [-0.2, -0.15) is 0 Å². The van der Waals surface area contributed by atoms with Crippen LogP contribution >= 0.6 is 0 Å². The van der Waals surface area contributed by atoms with Gasteiger partial charge in [0.05, 0.1) is 17.6 Å². The highest BCUT2D eigenvalue weighted by atomic mass is 16.6. The Morgan fingerprint density at radius 1 is 0.889 bits per heavy atom. The highest BCUT2D eigenvalue weighted by Crippen LogP contribution is 2.34. The zero-order valence-corrected chi connectivity index (χ0v) is 19.5. The first kappa shape index (κ1) is 26.5. The van der Waals surface area contributed by atoms with E-state index in [0.29, 0.717) is 13.2 Å². The quantitative estimate of drug-likeness (QED) is 0.253. The molecule has 0 aromatic heterocycles. The van der Waals surface area contributed by atoms with Gasteiger partial charge in [0.15, 0.2) is 0 Å². The molecule has 1 heterocycles. The summed E-state index contributed by atoms with van der Waals surface area (Å²) in [6, 6.07) is 28.1. The number of benzene rings is 3. The standard InChI is InChI=1S/C25H26N2O3.C2H2O4/c28-27(29)23-14-11-19(12-15-23)17-26-22-13-16-24(30-18-22)25(20-7-3-1-4-8-20)21-9-5-2-6-10-21;3-1(4)2(5)6/h1-12,14-15,22,24-26H,13,16-18H2;(H,3,4)(H,5,6)/t22-,24-;/m1./s1. The molecule has 4 rings (SSSR count). The number of nitro benzene ring substituents is 1. The lowest BCUT2D eigenvalue weighted by Crippen LogP contribution is -2.41. The van der Waals surface area contributed by atoms with E-state index in [1.54, 1.807) is 24.3 Å². The molecular formula is C27H28N2O7. The zero-order chi connectivity index (χ0) is 25.9. The Hall–Kier alpha value is -4.08. The molecule has 0 saturated carbocycles. The monoisotopic (exact) mass is 492 g/mol. The largest absolute Gasteiger partial charge is 0.473 e. The van der Waals surface area contributed by atoms with Crippen molar-refractivity contribution in [1.29, 1.82) is 0 Å². The number of carbonyl (C=O) groups is 2. The van der Waals surface area contributed by atoms with Crippen LogP contribution in [0.4, 0.5) is 5.69 Å². The predicted octanol–water partition coefficient (Wildman–Crippen LogP) is 4.22. The van der Waals surface area contributed by atoms with Crippen molar-refractivity contribution in [3.05, 3.63) is 112 Å². The number of hydrogen-bond acceptors (Lipinski definition) is 6. The van der Waals surface area contributed by atoms with Crippen molar-refractivity contribution in [3.8, 4) is 0 Å². The van der Waals surface area contributed by atoms with Gasteiger partial charge in [-0.05, 0) is 29.5 Å². The first-order valence-electron chi connectivity index (χ1n) is 11.5. The molecule has 0 radical (unpaired) electrons. The van der Waals surface area contributed by atoms with Crippen LogP contribution in [0.2, 0.25) is 0 Å². The smallest absolute Gasteiger partial charge is 0.414 e. The lowest BCUT2D eigenvalue weighted by atomic mass is 9.83. The Labute approximate surface area is 208 Å². The molecule has 1 saturated heterocycles. The van der Waals surface area contributed by atoms with Gasteiger partial charge in [0.2, 0.25) is 0 Å². The SMILES string of the molecule is O=C(O)C(=O)O.O=[N+]([O-])c1ccc(CN[C@@H]2CC[C@H](C(c3ccccc3)c3ccccc3)OC2)cc1. The van der Waals surface area contributed by atoms with E-state index in [1.165, 1.54) is 11.1 Å². The highest BCUT2D eigenvalue weighted by Gasteiger charge is 2.30. The number of rotatable bonds is 7. The van der Waals surface area contributed by atoms with Gasteiger partial charge < -0.3 is 20.3 Å². The van der Waals surface area contributed by atoms with E-state index in [4.69, 9.17) is 24.5 Å². The summed E-state index contributed by atoms with van der Waals surface area (Å²) < 4.78 is 6.35. The average molecular weight is 493 g/mol. The second kappa shape index (κ2) is 13.1. The van der Waals surface area contributed by atoms with Crippen molar-refractivity contribution < 1.29 is 29.5 Å². The summed E-state index contributed by atoms with van der Waals surface area (Å²) in [7, 11) is 0. The number of carboxylic acid groups (broad SMARTS) is 2. The number of non-ortho nitro benzene ring substituents is 1. The molecular weight excluding hydrogens is 464 g/mol. The topological polar surface area (TPSA) is 139 Å². The van der Waals surface area contributed by atoms with Crippen LogP contribution in [0, 0.1) is 10.1 Å². The number of ether oxygens (including phenoxy) is 1. The van der Waals surface area contributed by atoms with Crippen molar-refractivity contribution in [2.24, 2.45) is 0 Å². The molecule has 3 aromatic carbocycles. The molecule has 0 aliphatic carbocycles. The maximum absolute atomic E-state index is 10.8. The molecule has 9 nitrogen and oxygen atoms in total. The van der Waals surface area contributed by atoms with Crippen molar-refractivity contribution >= 4 is 17.6 Å². The third-order valence-electron chi connectivity index (χ3n) is 5.93. The number of aliphatic carboxylic acids is 2. The van der Waals surface area contributed by atoms with Gasteiger partial charge in [-0.25, -0.2) is 9.59 Å². The predicted molar refractivity (Wildman–Crippen MR) is 133 cm³/mol. The molecule has 3 N–H and O–H groups in total. The molecule has 0 spiro atoms. The third kappa shape index (κ3) is 7.72. The third-order valence-corrected chi connectivity index (χ3v) is 5.93. The second-order valence-corrected chi connectivity index (χ2v) is 8.36. The number of nitrogens with zero attached hydrogens (tertiary/aromatic N) is 1. The van der Waals surface area contributed by atoms with Gasteiger partial charge >= 0.3 is 11.9 Å². The van der Waals surface area contributed by atoms with Gasteiger partial charge in [0.25, 0.3) is 5.69 Å². The van der Waals surface area contributed by atoms with Gasteiger partial charge in [-0.1, -0.05) is 72.8 Å². The van der Waals surface area contributed by atoms with Gasteiger partial charge in [-0.3, -0.25) is 10.1 Å². The molecule has 0 unspecified atom stereocenters. The fourth-order valence-corrected chi connectivity index (χ4v) is 4.14. The number of carboxylic acids is 2. The van der Waals surface area contributed by atoms with Crippen LogP contribution in [-0.4, -0.2) is 45.8 Å². The van der Waals surface area contributed by atoms with Gasteiger partial charge in [-0.15, -0.1) is 0 Å². The lowest BCUT2D eigenvalue weighted by Gasteiger charge is -2.35. The van der Waals surface area contributed by atoms with E-state index >= 15 is 0 Å². The van der Waals surface area contributed by atoms with Crippen LogP contribution in [0.1, 0.15) is 35.4 Å². The summed E-state index contributed by atoms with van der Waals surface area (Å²) in [5, 5.41) is 29.1. The minimum Gasteiger partial charge on any atom is -0.473 e. The summed E-state index contributed by atoms with van der Waals surface area (Å²) >= 11 is 0. The van der Waals surface area contributed by atoms with Crippen LogP contribution in [0.25, 0.3) is 0 Å². The van der Waals surface area contributed by atoms with Crippen molar-refractivity contribution in [2.45, 2.75) is 37.5 Å². The highest BCUT2D eigenvalue weighted by molar-refractivity contribution is 6.27. The van der Waals surface area contributed by atoms with E-state index in [0.717, 1.165) is 18.4 Å². The van der Waals surface area contributed by atoms with Crippen LogP contribution < -0.4 is 5.32 Å². The molecule has 188 valence electrons.